The lowest BCUT2D eigenvalue weighted by atomic mass is 10.1. The second-order valence-corrected chi connectivity index (χ2v) is 5.49. The van der Waals surface area contributed by atoms with Crippen LogP contribution in [0.4, 0.5) is 0 Å². The molecule has 0 bridgehead atoms. The van der Waals surface area contributed by atoms with Gasteiger partial charge < -0.3 is 35.8 Å². The highest BCUT2D eigenvalue weighted by atomic mass is 16.5. The van der Waals surface area contributed by atoms with E-state index in [0.717, 1.165) is 0 Å². The van der Waals surface area contributed by atoms with Crippen molar-refractivity contribution in [2.24, 2.45) is 5.73 Å². The molecule has 4 atom stereocenters. The van der Waals surface area contributed by atoms with Gasteiger partial charge in [-0.15, -0.1) is 0 Å². The lowest BCUT2D eigenvalue weighted by molar-refractivity contribution is -0.119. The van der Waals surface area contributed by atoms with Crippen molar-refractivity contribution in [3.05, 3.63) is 0 Å². The van der Waals surface area contributed by atoms with Crippen molar-refractivity contribution < 1.29 is 29.6 Å². The number of likely N-dealkylation sites (tertiary alicyclic amines) is 1. The summed E-state index contributed by atoms with van der Waals surface area (Å²) in [5.41, 5.74) is 5.30. The summed E-state index contributed by atoms with van der Waals surface area (Å²) in [6.45, 7) is 3.89. The van der Waals surface area contributed by atoms with Gasteiger partial charge in [0.15, 0.2) is 0 Å². The van der Waals surface area contributed by atoms with E-state index in [1.54, 1.807) is 4.90 Å². The molecule has 0 aromatic rings. The number of hydrogen-bond donors (Lipinski definition) is 5. The number of hydrogen-bond acceptors (Lipinski definition) is 8. The molecule has 9 heteroatoms. The van der Waals surface area contributed by atoms with Crippen LogP contribution in [0, 0.1) is 0 Å². The van der Waals surface area contributed by atoms with Crippen LogP contribution in [0.25, 0.3) is 0 Å². The monoisotopic (exact) mass is 335 g/mol. The predicted octanol–water partition coefficient (Wildman–Crippen LogP) is -3.12. The van der Waals surface area contributed by atoms with Gasteiger partial charge in [0.1, 0.15) is 0 Å². The van der Waals surface area contributed by atoms with E-state index in [9.17, 15) is 20.1 Å². The van der Waals surface area contributed by atoms with Crippen LogP contribution in [-0.4, -0.2) is 103 Å². The number of nitrogens with one attached hydrogen (secondary N) is 1. The van der Waals surface area contributed by atoms with E-state index in [1.807, 2.05) is 0 Å². The fourth-order valence-corrected chi connectivity index (χ4v) is 2.70. The van der Waals surface area contributed by atoms with Crippen LogP contribution < -0.4 is 11.1 Å². The molecule has 1 aliphatic heterocycles. The number of carbonyl (C=O) groups excluding carboxylic acids is 1. The normalized spacial score (nSPS) is 28.2. The van der Waals surface area contributed by atoms with E-state index in [-0.39, 0.29) is 19.1 Å². The summed E-state index contributed by atoms with van der Waals surface area (Å²) >= 11 is 0. The molecule has 1 saturated heterocycles. The molecule has 1 rings (SSSR count). The summed E-state index contributed by atoms with van der Waals surface area (Å²) in [5.74, 6) is -0.215. The molecule has 0 radical (unpaired) electrons. The minimum atomic E-state index is -1.06. The van der Waals surface area contributed by atoms with E-state index in [4.69, 9.17) is 15.2 Å². The van der Waals surface area contributed by atoms with E-state index in [2.05, 4.69) is 5.32 Å². The maximum atomic E-state index is 11.1. The summed E-state index contributed by atoms with van der Waals surface area (Å²) in [7, 11) is 0. The third kappa shape index (κ3) is 6.30. The number of ether oxygens (including phenoxy) is 2. The summed E-state index contributed by atoms with van der Waals surface area (Å²) < 4.78 is 10.6. The maximum absolute atomic E-state index is 11.1. The Balaban J connectivity index is 2.44. The molecule has 0 saturated carbocycles. The standard InChI is InChI=1S/C14H29N3O6/c1-10(19)16-8-11-13(20)14(21)12(9-18)17(11)3-5-23-7-6-22-4-2-15/h11-14,18,20-21H,2-9,15H2,1H3,(H,16,19)/t11-,12?,13?,14-/m1/s1. The number of aliphatic hydroxyl groups is 3. The number of carbonyl (C=O) groups is 1. The highest BCUT2D eigenvalue weighted by Crippen LogP contribution is 2.24. The Morgan fingerprint density at radius 3 is 2.30 bits per heavy atom. The van der Waals surface area contributed by atoms with Gasteiger partial charge in [0.05, 0.1) is 57.3 Å². The number of rotatable bonds is 11. The first-order chi connectivity index (χ1) is 11.0. The first-order valence-electron chi connectivity index (χ1n) is 7.85. The molecule has 0 aromatic carbocycles. The minimum absolute atomic E-state index is 0.198. The van der Waals surface area contributed by atoms with Crippen LogP contribution in [0.1, 0.15) is 6.92 Å². The first-order valence-corrected chi connectivity index (χ1v) is 7.85. The summed E-state index contributed by atoms with van der Waals surface area (Å²) in [4.78, 5) is 12.8. The molecule has 9 nitrogen and oxygen atoms in total. The largest absolute Gasteiger partial charge is 0.395 e. The van der Waals surface area contributed by atoms with Gasteiger partial charge in [-0.2, -0.15) is 0 Å². The van der Waals surface area contributed by atoms with Gasteiger partial charge in [0.2, 0.25) is 5.91 Å². The quantitative estimate of drug-likeness (QED) is 0.250. The fraction of sp³-hybridized carbons (Fsp3) is 0.929. The molecule has 1 amide bonds. The van der Waals surface area contributed by atoms with Crippen molar-refractivity contribution in [1.29, 1.82) is 0 Å². The van der Waals surface area contributed by atoms with Gasteiger partial charge in [0.25, 0.3) is 0 Å². The molecule has 0 spiro atoms. The highest BCUT2D eigenvalue weighted by molar-refractivity contribution is 5.72. The van der Waals surface area contributed by atoms with E-state index in [1.165, 1.54) is 6.92 Å². The lowest BCUT2D eigenvalue weighted by Crippen LogP contribution is -2.48. The van der Waals surface area contributed by atoms with Crippen LogP contribution in [0.2, 0.25) is 0 Å². The maximum Gasteiger partial charge on any atom is 0.216 e. The highest BCUT2D eigenvalue weighted by Gasteiger charge is 2.46. The van der Waals surface area contributed by atoms with Crippen molar-refractivity contribution in [1.82, 2.24) is 10.2 Å². The molecule has 2 unspecified atom stereocenters. The van der Waals surface area contributed by atoms with Gasteiger partial charge in [-0.05, 0) is 0 Å². The predicted molar refractivity (Wildman–Crippen MR) is 82.8 cm³/mol. The average Bonchev–Trinajstić information content (AvgIpc) is 2.75. The summed E-state index contributed by atoms with van der Waals surface area (Å²) in [6, 6.07) is -1.05. The van der Waals surface area contributed by atoms with Crippen molar-refractivity contribution in [2.45, 2.75) is 31.2 Å². The SMILES string of the molecule is CC(=O)NC[C@@H]1C(O)[C@H](O)C(CO)N1CCOCCOCCN. The molecule has 1 fully saturated rings. The zero-order valence-electron chi connectivity index (χ0n) is 13.6. The average molecular weight is 335 g/mol. The molecule has 6 N–H and O–H groups in total. The van der Waals surface area contributed by atoms with Gasteiger partial charge in [-0.1, -0.05) is 0 Å². The molecular formula is C14H29N3O6. The number of nitrogens with two attached hydrogens (primary N) is 1. The van der Waals surface area contributed by atoms with Crippen LogP contribution in [-0.2, 0) is 14.3 Å². The fourth-order valence-electron chi connectivity index (χ4n) is 2.70. The van der Waals surface area contributed by atoms with Crippen LogP contribution >= 0.6 is 0 Å². The van der Waals surface area contributed by atoms with Gasteiger partial charge in [0, 0.05) is 26.6 Å². The van der Waals surface area contributed by atoms with Crippen molar-refractivity contribution in [3.63, 3.8) is 0 Å². The van der Waals surface area contributed by atoms with Crippen LogP contribution in [0.15, 0.2) is 0 Å². The van der Waals surface area contributed by atoms with Gasteiger partial charge >= 0.3 is 0 Å². The van der Waals surface area contributed by atoms with Gasteiger partial charge in [-0.25, -0.2) is 0 Å². The molecule has 1 heterocycles. The Hall–Kier alpha value is -0.810. The summed E-state index contributed by atoms with van der Waals surface area (Å²) in [6.07, 6.45) is -2.10. The molecule has 0 aromatic heterocycles. The van der Waals surface area contributed by atoms with E-state index in [0.29, 0.717) is 39.5 Å². The molecule has 1 aliphatic rings. The van der Waals surface area contributed by atoms with Crippen molar-refractivity contribution in [2.75, 3.05) is 52.7 Å². The van der Waals surface area contributed by atoms with Crippen LogP contribution in [0.5, 0.6) is 0 Å². The van der Waals surface area contributed by atoms with Crippen LogP contribution in [0.3, 0.4) is 0 Å². The zero-order chi connectivity index (χ0) is 17.2. The minimum Gasteiger partial charge on any atom is -0.395 e. The Morgan fingerprint density at radius 1 is 1.13 bits per heavy atom. The van der Waals surface area contributed by atoms with Gasteiger partial charge in [-0.3, -0.25) is 9.69 Å². The Kier molecular flexibility index (Phi) is 9.56. The lowest BCUT2D eigenvalue weighted by Gasteiger charge is -2.29. The second-order valence-electron chi connectivity index (χ2n) is 5.49. The topological polar surface area (TPSA) is 138 Å². The van der Waals surface area contributed by atoms with E-state index >= 15 is 0 Å². The number of aliphatic hydroxyl groups excluding tert-OH is 3. The first kappa shape index (κ1) is 20.2. The summed E-state index contributed by atoms with van der Waals surface area (Å²) in [5, 5.41) is 32.2. The van der Waals surface area contributed by atoms with E-state index < -0.39 is 24.3 Å². The Bertz CT molecular complexity index is 346. The molecular weight excluding hydrogens is 306 g/mol. The Morgan fingerprint density at radius 2 is 1.74 bits per heavy atom. The Labute approximate surface area is 136 Å². The third-order valence-corrected chi connectivity index (χ3v) is 3.87. The molecule has 0 aliphatic carbocycles. The third-order valence-electron chi connectivity index (χ3n) is 3.87. The van der Waals surface area contributed by atoms with Crippen molar-refractivity contribution >= 4 is 5.91 Å². The second kappa shape index (κ2) is 10.9. The molecule has 136 valence electrons. The smallest absolute Gasteiger partial charge is 0.216 e. The molecule has 23 heavy (non-hydrogen) atoms. The van der Waals surface area contributed by atoms with Crippen molar-refractivity contribution in [3.8, 4) is 0 Å². The number of nitrogens with zero attached hydrogens (tertiary/aromatic N) is 1. The number of amides is 1. The zero-order valence-corrected chi connectivity index (χ0v) is 13.6.